The van der Waals surface area contributed by atoms with Gasteiger partial charge in [0, 0.05) is 31.8 Å². The molecule has 1 atom stereocenters. The normalized spacial score (nSPS) is 18.7. The number of rotatable bonds is 3. The summed E-state index contributed by atoms with van der Waals surface area (Å²) in [5.41, 5.74) is 1.25. The third-order valence-corrected chi connectivity index (χ3v) is 4.24. The van der Waals surface area contributed by atoms with Crippen LogP contribution in [0.25, 0.3) is 0 Å². The summed E-state index contributed by atoms with van der Waals surface area (Å²) in [7, 11) is 0. The summed E-state index contributed by atoms with van der Waals surface area (Å²) >= 11 is 0. The molecule has 3 heterocycles. The molecule has 1 saturated heterocycles. The summed E-state index contributed by atoms with van der Waals surface area (Å²) < 4.78 is 10.4. The molecule has 124 valence electrons. The van der Waals surface area contributed by atoms with Crippen molar-refractivity contribution in [1.82, 2.24) is 20.2 Å². The summed E-state index contributed by atoms with van der Waals surface area (Å²) in [5, 5.41) is 7.98. The number of aromatic nitrogens is 3. The van der Waals surface area contributed by atoms with Gasteiger partial charge in [0.2, 0.25) is 5.89 Å². The molecule has 1 aliphatic rings. The molecule has 1 fully saturated rings. The maximum absolute atomic E-state index is 13.0. The van der Waals surface area contributed by atoms with E-state index in [0.29, 0.717) is 35.3 Å². The van der Waals surface area contributed by atoms with Gasteiger partial charge in [-0.1, -0.05) is 24.2 Å². The first-order valence-electron chi connectivity index (χ1n) is 8.03. The van der Waals surface area contributed by atoms with E-state index in [2.05, 4.69) is 15.3 Å². The Morgan fingerprint density at radius 3 is 2.70 bits per heavy atom. The molecule has 0 aromatic carbocycles. The Balaban J connectivity index is 1.81. The highest BCUT2D eigenvalue weighted by atomic mass is 16.5. The Hall–Kier alpha value is -2.18. The fourth-order valence-electron chi connectivity index (χ4n) is 3.05. The van der Waals surface area contributed by atoms with Crippen LogP contribution in [0.3, 0.4) is 0 Å². The predicted octanol–water partition coefficient (Wildman–Crippen LogP) is 2.82. The highest BCUT2D eigenvalue weighted by molar-refractivity contribution is 5.96. The minimum Gasteiger partial charge on any atom is -0.360 e. The number of aryl methyl sites for hydroxylation is 2. The third-order valence-electron chi connectivity index (χ3n) is 4.24. The van der Waals surface area contributed by atoms with Crippen LogP contribution in [0.15, 0.2) is 9.05 Å². The van der Waals surface area contributed by atoms with Crippen molar-refractivity contribution in [3.63, 3.8) is 0 Å². The van der Waals surface area contributed by atoms with Crippen molar-refractivity contribution < 1.29 is 13.8 Å². The Kier molecular flexibility index (Phi) is 4.19. The van der Waals surface area contributed by atoms with E-state index >= 15 is 0 Å². The topological polar surface area (TPSA) is 85.3 Å². The van der Waals surface area contributed by atoms with E-state index < -0.39 is 0 Å². The highest BCUT2D eigenvalue weighted by Crippen LogP contribution is 2.29. The minimum absolute atomic E-state index is 0.0163. The Labute approximate surface area is 135 Å². The Morgan fingerprint density at radius 2 is 2.04 bits per heavy atom. The zero-order valence-electron chi connectivity index (χ0n) is 14.0. The highest BCUT2D eigenvalue weighted by Gasteiger charge is 2.32. The molecule has 1 aliphatic heterocycles. The monoisotopic (exact) mass is 318 g/mol. The van der Waals surface area contributed by atoms with Crippen molar-refractivity contribution in [1.29, 1.82) is 0 Å². The van der Waals surface area contributed by atoms with Crippen molar-refractivity contribution in [2.45, 2.75) is 52.4 Å². The molecule has 0 N–H and O–H groups in total. The smallest absolute Gasteiger partial charge is 0.259 e. The SMILES string of the molecule is Cc1nc(C2CCCN(C(=O)c3c(C)noc3C(C)C)C2)no1. The maximum Gasteiger partial charge on any atom is 0.259 e. The second-order valence-corrected chi connectivity index (χ2v) is 6.42. The van der Waals surface area contributed by atoms with Gasteiger partial charge in [0.15, 0.2) is 11.6 Å². The van der Waals surface area contributed by atoms with Gasteiger partial charge in [0.05, 0.1) is 5.69 Å². The van der Waals surface area contributed by atoms with Crippen LogP contribution < -0.4 is 0 Å². The molecule has 0 spiro atoms. The molecule has 1 amide bonds. The van der Waals surface area contributed by atoms with Crippen molar-refractivity contribution in [3.05, 3.63) is 28.7 Å². The summed E-state index contributed by atoms with van der Waals surface area (Å²) in [6.07, 6.45) is 1.88. The Morgan fingerprint density at radius 1 is 1.26 bits per heavy atom. The van der Waals surface area contributed by atoms with Gasteiger partial charge in [0.25, 0.3) is 5.91 Å². The average molecular weight is 318 g/mol. The lowest BCUT2D eigenvalue weighted by Crippen LogP contribution is -2.39. The van der Waals surface area contributed by atoms with Crippen LogP contribution in [0.5, 0.6) is 0 Å². The van der Waals surface area contributed by atoms with Gasteiger partial charge < -0.3 is 13.9 Å². The lowest BCUT2D eigenvalue weighted by molar-refractivity contribution is 0.0700. The molecule has 23 heavy (non-hydrogen) atoms. The number of likely N-dealkylation sites (tertiary alicyclic amines) is 1. The largest absolute Gasteiger partial charge is 0.360 e. The van der Waals surface area contributed by atoms with Crippen LogP contribution in [0.4, 0.5) is 0 Å². The van der Waals surface area contributed by atoms with Gasteiger partial charge in [-0.2, -0.15) is 4.98 Å². The summed E-state index contributed by atoms with van der Waals surface area (Å²) in [4.78, 5) is 19.1. The first kappa shape index (κ1) is 15.7. The number of nitrogens with zero attached hydrogens (tertiary/aromatic N) is 4. The second-order valence-electron chi connectivity index (χ2n) is 6.42. The van der Waals surface area contributed by atoms with Crippen LogP contribution in [0.2, 0.25) is 0 Å². The number of hydrogen-bond donors (Lipinski definition) is 0. The van der Waals surface area contributed by atoms with E-state index in [9.17, 15) is 4.79 Å². The van der Waals surface area contributed by atoms with Gasteiger partial charge in [-0.3, -0.25) is 4.79 Å². The number of piperidine rings is 1. The average Bonchev–Trinajstić information content (AvgIpc) is 3.13. The summed E-state index contributed by atoms with van der Waals surface area (Å²) in [6.45, 7) is 8.91. The zero-order chi connectivity index (χ0) is 16.6. The molecule has 1 unspecified atom stereocenters. The first-order chi connectivity index (χ1) is 11.0. The maximum atomic E-state index is 13.0. The molecule has 0 saturated carbocycles. The number of carbonyl (C=O) groups is 1. The lowest BCUT2D eigenvalue weighted by atomic mass is 9.96. The standard InChI is InChI=1S/C16H22N4O3/c1-9(2)14-13(10(3)18-23-14)16(21)20-7-5-6-12(8-20)15-17-11(4)22-19-15/h9,12H,5-8H2,1-4H3. The van der Waals surface area contributed by atoms with Crippen LogP contribution in [-0.2, 0) is 0 Å². The number of carbonyl (C=O) groups excluding carboxylic acids is 1. The summed E-state index contributed by atoms with van der Waals surface area (Å²) in [6, 6.07) is 0. The van der Waals surface area contributed by atoms with E-state index in [1.165, 1.54) is 0 Å². The van der Waals surface area contributed by atoms with Crippen LogP contribution >= 0.6 is 0 Å². The van der Waals surface area contributed by atoms with Gasteiger partial charge >= 0.3 is 0 Å². The fourth-order valence-corrected chi connectivity index (χ4v) is 3.05. The molecule has 0 radical (unpaired) electrons. The molecule has 7 heteroatoms. The third kappa shape index (κ3) is 3.00. The van der Waals surface area contributed by atoms with E-state index in [1.54, 1.807) is 6.92 Å². The van der Waals surface area contributed by atoms with Crippen LogP contribution in [-0.4, -0.2) is 39.2 Å². The van der Waals surface area contributed by atoms with E-state index in [0.717, 1.165) is 19.4 Å². The van der Waals surface area contributed by atoms with Crippen molar-refractivity contribution in [2.24, 2.45) is 0 Å². The van der Waals surface area contributed by atoms with Gasteiger partial charge in [-0.15, -0.1) is 0 Å². The predicted molar refractivity (Wildman–Crippen MR) is 82.2 cm³/mol. The van der Waals surface area contributed by atoms with E-state index in [4.69, 9.17) is 9.05 Å². The van der Waals surface area contributed by atoms with Crippen LogP contribution in [0, 0.1) is 13.8 Å². The van der Waals surface area contributed by atoms with Gasteiger partial charge in [-0.25, -0.2) is 0 Å². The Bertz CT molecular complexity index is 704. The van der Waals surface area contributed by atoms with Gasteiger partial charge in [0.1, 0.15) is 5.56 Å². The molecule has 2 aromatic rings. The molecule has 0 aliphatic carbocycles. The molecular weight excluding hydrogens is 296 g/mol. The second kappa shape index (κ2) is 6.14. The minimum atomic E-state index is -0.0163. The molecule has 2 aromatic heterocycles. The quantitative estimate of drug-likeness (QED) is 0.865. The molecule has 0 bridgehead atoms. The number of amides is 1. The molecular formula is C16H22N4O3. The van der Waals surface area contributed by atoms with Crippen molar-refractivity contribution in [2.75, 3.05) is 13.1 Å². The van der Waals surface area contributed by atoms with E-state index in [-0.39, 0.29) is 17.7 Å². The first-order valence-corrected chi connectivity index (χ1v) is 8.03. The zero-order valence-corrected chi connectivity index (χ0v) is 14.0. The molecule has 3 rings (SSSR count). The number of hydrogen-bond acceptors (Lipinski definition) is 6. The van der Waals surface area contributed by atoms with E-state index in [1.807, 2.05) is 25.7 Å². The summed E-state index contributed by atoms with van der Waals surface area (Å²) in [5.74, 6) is 2.12. The lowest BCUT2D eigenvalue weighted by Gasteiger charge is -2.31. The van der Waals surface area contributed by atoms with Crippen molar-refractivity contribution in [3.8, 4) is 0 Å². The molecule has 7 nitrogen and oxygen atoms in total. The van der Waals surface area contributed by atoms with Crippen molar-refractivity contribution >= 4 is 5.91 Å². The van der Waals surface area contributed by atoms with Crippen LogP contribution in [0.1, 0.15) is 72.1 Å². The fraction of sp³-hybridized carbons (Fsp3) is 0.625. The van der Waals surface area contributed by atoms with Gasteiger partial charge in [-0.05, 0) is 19.8 Å².